The molecule has 0 aliphatic heterocycles. The summed E-state index contributed by atoms with van der Waals surface area (Å²) in [5.41, 5.74) is 1.74. The van der Waals surface area contributed by atoms with Crippen molar-refractivity contribution in [2.24, 2.45) is 5.41 Å². The Morgan fingerprint density at radius 1 is 0.963 bits per heavy atom. The fraction of sp³-hybridized carbons (Fsp3) is 0.286. The third-order valence-corrected chi connectivity index (χ3v) is 4.98. The lowest BCUT2D eigenvalue weighted by atomic mass is 9.64. The molecule has 1 fully saturated rings. The molecule has 2 amide bonds. The van der Waals surface area contributed by atoms with Gasteiger partial charge >= 0.3 is 5.97 Å². The molecule has 0 bridgehead atoms. The SMILES string of the molecule is O=C(O)CNC(=O)c1ccc(NC(=O)C2(Cc3ccccc3)CCC2)cc1. The van der Waals surface area contributed by atoms with E-state index in [1.165, 1.54) is 0 Å². The van der Waals surface area contributed by atoms with Crippen molar-refractivity contribution < 1.29 is 19.5 Å². The molecule has 0 saturated heterocycles. The van der Waals surface area contributed by atoms with Crippen molar-refractivity contribution in [1.82, 2.24) is 5.32 Å². The largest absolute Gasteiger partial charge is 0.480 e. The highest BCUT2D eigenvalue weighted by molar-refractivity contribution is 5.98. The Balaban J connectivity index is 1.63. The van der Waals surface area contributed by atoms with E-state index in [1.54, 1.807) is 24.3 Å². The molecule has 2 aromatic rings. The Labute approximate surface area is 157 Å². The smallest absolute Gasteiger partial charge is 0.322 e. The highest BCUT2D eigenvalue weighted by atomic mass is 16.4. The minimum absolute atomic E-state index is 0.000631. The number of nitrogens with one attached hydrogen (secondary N) is 2. The topological polar surface area (TPSA) is 95.5 Å². The van der Waals surface area contributed by atoms with Crippen molar-refractivity contribution in [2.75, 3.05) is 11.9 Å². The summed E-state index contributed by atoms with van der Waals surface area (Å²) < 4.78 is 0. The molecule has 1 saturated carbocycles. The van der Waals surface area contributed by atoms with E-state index in [4.69, 9.17) is 5.11 Å². The first-order valence-corrected chi connectivity index (χ1v) is 8.94. The number of carbonyl (C=O) groups is 3. The maximum Gasteiger partial charge on any atom is 0.322 e. The molecule has 27 heavy (non-hydrogen) atoms. The summed E-state index contributed by atoms with van der Waals surface area (Å²) in [7, 11) is 0. The van der Waals surface area contributed by atoms with Gasteiger partial charge < -0.3 is 15.7 Å². The number of hydrogen-bond acceptors (Lipinski definition) is 3. The first kappa shape index (κ1) is 18.6. The summed E-state index contributed by atoms with van der Waals surface area (Å²) in [6.07, 6.45) is 3.49. The maximum absolute atomic E-state index is 12.9. The monoisotopic (exact) mass is 366 g/mol. The van der Waals surface area contributed by atoms with E-state index in [-0.39, 0.29) is 11.3 Å². The number of hydrogen-bond donors (Lipinski definition) is 3. The average Bonchev–Trinajstić information content (AvgIpc) is 2.64. The van der Waals surface area contributed by atoms with Crippen molar-refractivity contribution in [3.05, 3.63) is 65.7 Å². The first-order valence-electron chi connectivity index (χ1n) is 8.94. The van der Waals surface area contributed by atoms with Crippen LogP contribution in [-0.2, 0) is 16.0 Å². The Kier molecular flexibility index (Phi) is 5.54. The zero-order valence-corrected chi connectivity index (χ0v) is 14.9. The number of benzene rings is 2. The standard InChI is InChI=1S/C21H22N2O4/c24-18(25)14-22-19(26)16-7-9-17(10-8-16)23-20(27)21(11-4-12-21)13-15-5-2-1-3-6-15/h1-3,5-10H,4,11-14H2,(H,22,26)(H,23,27)(H,24,25). The third kappa shape index (κ3) is 4.53. The van der Waals surface area contributed by atoms with Gasteiger partial charge in [-0.2, -0.15) is 0 Å². The molecule has 6 heteroatoms. The van der Waals surface area contributed by atoms with Crippen LogP contribution in [0.5, 0.6) is 0 Å². The Hall–Kier alpha value is -3.15. The molecular weight excluding hydrogens is 344 g/mol. The normalized spacial score (nSPS) is 14.7. The lowest BCUT2D eigenvalue weighted by Gasteiger charge is -2.40. The van der Waals surface area contributed by atoms with Crippen molar-refractivity contribution in [3.8, 4) is 0 Å². The van der Waals surface area contributed by atoms with Crippen LogP contribution in [0.2, 0.25) is 0 Å². The molecule has 0 spiro atoms. The van der Waals surface area contributed by atoms with E-state index in [2.05, 4.69) is 10.6 Å². The van der Waals surface area contributed by atoms with Crippen LogP contribution in [0.25, 0.3) is 0 Å². The molecular formula is C21H22N2O4. The highest BCUT2D eigenvalue weighted by Gasteiger charge is 2.43. The molecule has 1 aliphatic carbocycles. The van der Waals surface area contributed by atoms with Crippen molar-refractivity contribution in [2.45, 2.75) is 25.7 Å². The minimum atomic E-state index is -1.10. The number of anilines is 1. The number of amides is 2. The summed E-state index contributed by atoms with van der Waals surface area (Å²) in [6.45, 7) is -0.431. The second-order valence-electron chi connectivity index (χ2n) is 6.90. The molecule has 140 valence electrons. The first-order chi connectivity index (χ1) is 13.0. The van der Waals surface area contributed by atoms with Crippen molar-refractivity contribution in [1.29, 1.82) is 0 Å². The lowest BCUT2D eigenvalue weighted by Crippen LogP contribution is -2.43. The van der Waals surface area contributed by atoms with Crippen LogP contribution in [0.3, 0.4) is 0 Å². The van der Waals surface area contributed by atoms with Gasteiger partial charge in [0.1, 0.15) is 6.54 Å². The number of carboxylic acids is 1. The number of carboxylic acid groups (broad SMARTS) is 1. The van der Waals surface area contributed by atoms with Crippen molar-refractivity contribution in [3.63, 3.8) is 0 Å². The second kappa shape index (κ2) is 8.03. The van der Waals surface area contributed by atoms with Gasteiger partial charge in [0.15, 0.2) is 0 Å². The summed E-state index contributed by atoms with van der Waals surface area (Å²) >= 11 is 0. The number of aliphatic carboxylic acids is 1. The summed E-state index contributed by atoms with van der Waals surface area (Å²) in [5, 5.41) is 13.9. The maximum atomic E-state index is 12.9. The molecule has 3 rings (SSSR count). The van der Waals surface area contributed by atoms with E-state index < -0.39 is 18.4 Å². The van der Waals surface area contributed by atoms with Crippen LogP contribution in [0.4, 0.5) is 5.69 Å². The van der Waals surface area contributed by atoms with Crippen LogP contribution < -0.4 is 10.6 Å². The summed E-state index contributed by atoms with van der Waals surface area (Å²) in [4.78, 5) is 35.2. The highest BCUT2D eigenvalue weighted by Crippen LogP contribution is 2.44. The van der Waals surface area contributed by atoms with Gasteiger partial charge in [0.05, 0.1) is 5.41 Å². The molecule has 3 N–H and O–H groups in total. The van der Waals surface area contributed by atoms with Gasteiger partial charge in [-0.15, -0.1) is 0 Å². The zero-order chi connectivity index (χ0) is 19.3. The molecule has 1 aliphatic rings. The zero-order valence-electron chi connectivity index (χ0n) is 14.9. The molecule has 0 atom stereocenters. The molecule has 0 radical (unpaired) electrons. The average molecular weight is 366 g/mol. The molecule has 2 aromatic carbocycles. The summed E-state index contributed by atoms with van der Waals surface area (Å²) in [6, 6.07) is 16.4. The van der Waals surface area contributed by atoms with Gasteiger partial charge in [0, 0.05) is 11.3 Å². The van der Waals surface area contributed by atoms with Crippen LogP contribution in [0, 0.1) is 5.41 Å². The Morgan fingerprint density at radius 3 is 2.19 bits per heavy atom. The quantitative estimate of drug-likeness (QED) is 0.702. The Bertz CT molecular complexity index is 827. The van der Waals surface area contributed by atoms with Gasteiger partial charge in [-0.1, -0.05) is 36.8 Å². The number of rotatable bonds is 7. The fourth-order valence-electron chi connectivity index (χ4n) is 3.30. The molecule has 6 nitrogen and oxygen atoms in total. The second-order valence-corrected chi connectivity index (χ2v) is 6.90. The van der Waals surface area contributed by atoms with E-state index in [0.29, 0.717) is 11.3 Å². The van der Waals surface area contributed by atoms with Gasteiger partial charge in [0.25, 0.3) is 5.91 Å². The van der Waals surface area contributed by atoms with E-state index in [1.807, 2.05) is 30.3 Å². The van der Waals surface area contributed by atoms with E-state index >= 15 is 0 Å². The predicted molar refractivity (Wildman–Crippen MR) is 101 cm³/mol. The lowest BCUT2D eigenvalue weighted by molar-refractivity contribution is -0.135. The molecule has 0 aromatic heterocycles. The van der Waals surface area contributed by atoms with Crippen LogP contribution in [-0.4, -0.2) is 29.4 Å². The minimum Gasteiger partial charge on any atom is -0.480 e. The van der Waals surface area contributed by atoms with Gasteiger partial charge in [-0.25, -0.2) is 0 Å². The molecule has 0 heterocycles. The van der Waals surface area contributed by atoms with Crippen LogP contribution in [0.15, 0.2) is 54.6 Å². The van der Waals surface area contributed by atoms with Crippen LogP contribution in [0.1, 0.15) is 35.2 Å². The predicted octanol–water partition coefficient (Wildman–Crippen LogP) is 2.85. The van der Waals surface area contributed by atoms with Gasteiger partial charge in [-0.3, -0.25) is 14.4 Å². The number of carbonyl (C=O) groups excluding carboxylic acids is 2. The van der Waals surface area contributed by atoms with Crippen LogP contribution >= 0.6 is 0 Å². The third-order valence-electron chi connectivity index (χ3n) is 4.98. The van der Waals surface area contributed by atoms with Crippen molar-refractivity contribution >= 4 is 23.5 Å². The Morgan fingerprint density at radius 2 is 1.63 bits per heavy atom. The fourth-order valence-corrected chi connectivity index (χ4v) is 3.30. The van der Waals surface area contributed by atoms with E-state index in [0.717, 1.165) is 31.2 Å². The van der Waals surface area contributed by atoms with Gasteiger partial charge in [-0.05, 0) is 49.1 Å². The van der Waals surface area contributed by atoms with E-state index in [9.17, 15) is 14.4 Å². The van der Waals surface area contributed by atoms with Gasteiger partial charge in [0.2, 0.25) is 5.91 Å². The molecule has 0 unspecified atom stereocenters. The summed E-state index contributed by atoms with van der Waals surface area (Å²) in [5.74, 6) is -1.56.